The first-order valence-corrected chi connectivity index (χ1v) is 9.39. The summed E-state index contributed by atoms with van der Waals surface area (Å²) in [6.45, 7) is 8.40. The van der Waals surface area contributed by atoms with Crippen molar-refractivity contribution < 1.29 is 9.47 Å². The third-order valence-corrected chi connectivity index (χ3v) is 5.37. The maximum Gasteiger partial charge on any atom is 0.0959 e. The van der Waals surface area contributed by atoms with Crippen molar-refractivity contribution >= 4 is 0 Å². The standard InChI is InChI=1S/C20H28N4O2/c1-15-6-17(10-21-9-15)12-25-19-4-5-26-20(8-19)13-24(14-20)11-18-7-16(2)22-23(18)3/h6-7,9-10,19H,4-5,8,11-14H2,1-3H3/t19-/m1/s1. The monoisotopic (exact) mass is 356 g/mol. The second kappa shape index (κ2) is 7.10. The largest absolute Gasteiger partial charge is 0.373 e. The highest BCUT2D eigenvalue weighted by Crippen LogP contribution is 2.36. The molecule has 6 heteroatoms. The lowest BCUT2D eigenvalue weighted by Gasteiger charge is -2.53. The van der Waals surface area contributed by atoms with E-state index in [4.69, 9.17) is 9.47 Å². The van der Waals surface area contributed by atoms with Gasteiger partial charge in [0.05, 0.1) is 29.7 Å². The molecule has 0 amide bonds. The van der Waals surface area contributed by atoms with E-state index in [-0.39, 0.29) is 11.7 Å². The van der Waals surface area contributed by atoms with Gasteiger partial charge in [-0.2, -0.15) is 5.10 Å². The molecule has 26 heavy (non-hydrogen) atoms. The van der Waals surface area contributed by atoms with Crippen LogP contribution in [0.15, 0.2) is 24.5 Å². The van der Waals surface area contributed by atoms with Crippen molar-refractivity contribution in [1.82, 2.24) is 19.7 Å². The Morgan fingerprint density at radius 3 is 2.85 bits per heavy atom. The Hall–Kier alpha value is -1.76. The van der Waals surface area contributed by atoms with Crippen LogP contribution in [0.4, 0.5) is 0 Å². The van der Waals surface area contributed by atoms with Crippen LogP contribution in [-0.2, 0) is 29.7 Å². The summed E-state index contributed by atoms with van der Waals surface area (Å²) in [5, 5.41) is 4.43. The van der Waals surface area contributed by atoms with Crippen molar-refractivity contribution in [3.8, 4) is 0 Å². The van der Waals surface area contributed by atoms with Crippen LogP contribution in [-0.4, -0.2) is 51.1 Å². The first-order chi connectivity index (χ1) is 12.5. The summed E-state index contributed by atoms with van der Waals surface area (Å²) in [6.07, 6.45) is 5.99. The summed E-state index contributed by atoms with van der Waals surface area (Å²) in [4.78, 5) is 6.68. The fraction of sp³-hybridized carbons (Fsp3) is 0.600. The average molecular weight is 356 g/mol. The quantitative estimate of drug-likeness (QED) is 0.823. The summed E-state index contributed by atoms with van der Waals surface area (Å²) in [5.74, 6) is 0. The molecule has 0 unspecified atom stereocenters. The van der Waals surface area contributed by atoms with Crippen molar-refractivity contribution in [3.63, 3.8) is 0 Å². The van der Waals surface area contributed by atoms with Crippen molar-refractivity contribution in [1.29, 1.82) is 0 Å². The fourth-order valence-electron chi connectivity index (χ4n) is 4.18. The molecular weight excluding hydrogens is 328 g/mol. The van der Waals surface area contributed by atoms with Gasteiger partial charge in [-0.3, -0.25) is 14.6 Å². The van der Waals surface area contributed by atoms with Crippen LogP contribution in [0, 0.1) is 13.8 Å². The Kier molecular flexibility index (Phi) is 4.82. The molecule has 2 saturated heterocycles. The highest BCUT2D eigenvalue weighted by Gasteiger charge is 2.47. The molecule has 140 valence electrons. The molecule has 1 atom stereocenters. The van der Waals surface area contributed by atoms with Crippen molar-refractivity contribution in [2.75, 3.05) is 19.7 Å². The number of aromatic nitrogens is 3. The number of aryl methyl sites for hydroxylation is 3. The summed E-state index contributed by atoms with van der Waals surface area (Å²) in [6, 6.07) is 4.30. The zero-order valence-electron chi connectivity index (χ0n) is 15.9. The molecule has 2 aliphatic rings. The van der Waals surface area contributed by atoms with Gasteiger partial charge in [0.2, 0.25) is 0 Å². The lowest BCUT2D eigenvalue weighted by molar-refractivity contribution is -0.200. The Morgan fingerprint density at radius 1 is 1.27 bits per heavy atom. The molecule has 2 aliphatic heterocycles. The van der Waals surface area contributed by atoms with E-state index < -0.39 is 0 Å². The van der Waals surface area contributed by atoms with Gasteiger partial charge in [-0.25, -0.2) is 0 Å². The Morgan fingerprint density at radius 2 is 2.12 bits per heavy atom. The SMILES string of the molecule is Cc1cncc(CO[C@@H]2CCOC3(C2)CN(Cc2cc(C)nn2C)C3)c1. The normalized spacial score (nSPS) is 22.5. The molecule has 4 heterocycles. The average Bonchev–Trinajstić information content (AvgIpc) is 2.89. The molecule has 2 fully saturated rings. The number of nitrogens with zero attached hydrogens (tertiary/aromatic N) is 4. The highest BCUT2D eigenvalue weighted by molar-refractivity contribution is 5.16. The number of hydrogen-bond acceptors (Lipinski definition) is 5. The molecule has 2 aromatic rings. The van der Waals surface area contributed by atoms with Gasteiger partial charge in [0.25, 0.3) is 0 Å². The summed E-state index contributed by atoms with van der Waals surface area (Å²) < 4.78 is 14.3. The highest BCUT2D eigenvalue weighted by atomic mass is 16.5. The number of likely N-dealkylation sites (tertiary alicyclic amines) is 1. The molecule has 1 spiro atoms. The van der Waals surface area contributed by atoms with E-state index in [1.807, 2.05) is 31.0 Å². The molecule has 0 aliphatic carbocycles. The van der Waals surface area contributed by atoms with Gasteiger partial charge < -0.3 is 9.47 Å². The van der Waals surface area contributed by atoms with E-state index in [2.05, 4.69) is 34.0 Å². The van der Waals surface area contributed by atoms with Gasteiger partial charge in [-0.1, -0.05) is 6.07 Å². The molecular formula is C20H28N4O2. The Balaban J connectivity index is 1.28. The van der Waals surface area contributed by atoms with Gasteiger partial charge in [0.1, 0.15) is 0 Å². The number of hydrogen-bond donors (Lipinski definition) is 0. The molecule has 0 saturated carbocycles. The summed E-state index contributed by atoms with van der Waals surface area (Å²) in [7, 11) is 2.01. The van der Waals surface area contributed by atoms with Gasteiger partial charge in [-0.05, 0) is 37.5 Å². The molecule has 0 N–H and O–H groups in total. The lowest BCUT2D eigenvalue weighted by atomic mass is 9.84. The third-order valence-electron chi connectivity index (χ3n) is 5.37. The van der Waals surface area contributed by atoms with Crippen molar-refractivity contribution in [3.05, 3.63) is 47.0 Å². The minimum absolute atomic E-state index is 0.0264. The zero-order chi connectivity index (χ0) is 18.1. The fourth-order valence-corrected chi connectivity index (χ4v) is 4.18. The van der Waals surface area contributed by atoms with Crippen LogP contribution in [0.3, 0.4) is 0 Å². The first kappa shape index (κ1) is 17.6. The Bertz CT molecular complexity index is 767. The predicted octanol–water partition coefficient (Wildman–Crippen LogP) is 2.38. The van der Waals surface area contributed by atoms with E-state index in [0.29, 0.717) is 6.61 Å². The Labute approximate surface area is 155 Å². The molecule has 0 aromatic carbocycles. The zero-order valence-corrected chi connectivity index (χ0v) is 15.9. The van der Waals surface area contributed by atoms with Gasteiger partial charge in [0.15, 0.2) is 0 Å². The van der Waals surface area contributed by atoms with Crippen LogP contribution >= 0.6 is 0 Å². The van der Waals surface area contributed by atoms with E-state index >= 15 is 0 Å². The second-order valence-electron chi connectivity index (χ2n) is 7.87. The van der Waals surface area contributed by atoms with Gasteiger partial charge in [-0.15, -0.1) is 0 Å². The topological polar surface area (TPSA) is 52.4 Å². The van der Waals surface area contributed by atoms with E-state index in [1.54, 1.807) is 0 Å². The summed E-state index contributed by atoms with van der Waals surface area (Å²) in [5.41, 5.74) is 4.63. The smallest absolute Gasteiger partial charge is 0.0959 e. The maximum absolute atomic E-state index is 6.18. The van der Waals surface area contributed by atoms with Gasteiger partial charge in [0, 0.05) is 52.1 Å². The lowest BCUT2D eigenvalue weighted by Crippen LogP contribution is -2.65. The maximum atomic E-state index is 6.18. The van der Waals surface area contributed by atoms with Crippen LogP contribution in [0.5, 0.6) is 0 Å². The minimum Gasteiger partial charge on any atom is -0.373 e. The first-order valence-electron chi connectivity index (χ1n) is 9.39. The van der Waals surface area contributed by atoms with E-state index in [1.165, 1.54) is 11.3 Å². The molecule has 4 rings (SSSR count). The van der Waals surface area contributed by atoms with Crippen LogP contribution < -0.4 is 0 Å². The number of rotatable bonds is 5. The van der Waals surface area contributed by atoms with Crippen molar-refractivity contribution in [2.45, 2.75) is 51.5 Å². The molecule has 0 bridgehead atoms. The summed E-state index contributed by atoms with van der Waals surface area (Å²) >= 11 is 0. The van der Waals surface area contributed by atoms with Crippen LogP contribution in [0.25, 0.3) is 0 Å². The van der Waals surface area contributed by atoms with Crippen LogP contribution in [0.1, 0.15) is 35.4 Å². The molecule has 0 radical (unpaired) electrons. The third kappa shape index (κ3) is 3.82. The minimum atomic E-state index is -0.0264. The van der Waals surface area contributed by atoms with Gasteiger partial charge >= 0.3 is 0 Å². The van der Waals surface area contributed by atoms with Crippen molar-refractivity contribution in [2.24, 2.45) is 7.05 Å². The van der Waals surface area contributed by atoms with Crippen LogP contribution in [0.2, 0.25) is 0 Å². The molecule has 6 nitrogen and oxygen atoms in total. The van der Waals surface area contributed by atoms with E-state index in [9.17, 15) is 0 Å². The number of ether oxygens (including phenoxy) is 2. The van der Waals surface area contributed by atoms with E-state index in [0.717, 1.165) is 50.3 Å². The number of pyridine rings is 1. The second-order valence-corrected chi connectivity index (χ2v) is 7.87. The molecule has 2 aromatic heterocycles. The predicted molar refractivity (Wildman–Crippen MR) is 98.7 cm³/mol.